The zero-order valence-electron chi connectivity index (χ0n) is 11.8. The first-order valence-electron chi connectivity index (χ1n) is 7.31. The summed E-state index contributed by atoms with van der Waals surface area (Å²) in [5, 5.41) is 7.84. The molecule has 4 heteroatoms. The van der Waals surface area contributed by atoms with Crippen molar-refractivity contribution in [2.45, 2.75) is 39.5 Å². The first-order valence-corrected chi connectivity index (χ1v) is 7.31. The lowest BCUT2D eigenvalue weighted by Crippen LogP contribution is -2.28. The number of fused-ring (bicyclic) bond motifs is 1. The van der Waals surface area contributed by atoms with E-state index < -0.39 is 0 Å². The Morgan fingerprint density at radius 3 is 2.89 bits per heavy atom. The standard InChI is InChI=1S/C15H22N4/c1-3-14-9-13(8-12-4-6-16-7-5-12)18-15-11(2)10-17-19(14)15/h9-10,12,16H,3-8H2,1-2H3. The van der Waals surface area contributed by atoms with Crippen molar-refractivity contribution in [3.8, 4) is 0 Å². The highest BCUT2D eigenvalue weighted by molar-refractivity contribution is 5.47. The zero-order valence-corrected chi connectivity index (χ0v) is 11.8. The molecule has 0 amide bonds. The molecule has 0 radical (unpaired) electrons. The third kappa shape index (κ3) is 2.50. The van der Waals surface area contributed by atoms with E-state index in [2.05, 4.69) is 30.3 Å². The van der Waals surface area contributed by atoms with Gasteiger partial charge in [-0.2, -0.15) is 5.10 Å². The van der Waals surface area contributed by atoms with Gasteiger partial charge in [-0.3, -0.25) is 0 Å². The van der Waals surface area contributed by atoms with Crippen LogP contribution in [0.25, 0.3) is 5.65 Å². The van der Waals surface area contributed by atoms with Crippen molar-refractivity contribution >= 4 is 5.65 Å². The lowest BCUT2D eigenvalue weighted by Gasteiger charge is -2.22. The van der Waals surface area contributed by atoms with Gasteiger partial charge in [-0.25, -0.2) is 9.50 Å². The molecule has 3 rings (SSSR count). The van der Waals surface area contributed by atoms with E-state index in [4.69, 9.17) is 4.98 Å². The van der Waals surface area contributed by atoms with Gasteiger partial charge < -0.3 is 5.32 Å². The Bertz CT molecular complexity index is 567. The second-order valence-electron chi connectivity index (χ2n) is 5.55. The molecule has 2 aromatic rings. The van der Waals surface area contributed by atoms with E-state index in [1.54, 1.807) is 0 Å². The normalized spacial score (nSPS) is 17.2. The Labute approximate surface area is 114 Å². The fourth-order valence-corrected chi connectivity index (χ4v) is 2.93. The molecule has 0 bridgehead atoms. The molecular formula is C15H22N4. The van der Waals surface area contributed by atoms with E-state index in [-0.39, 0.29) is 0 Å². The quantitative estimate of drug-likeness (QED) is 0.917. The van der Waals surface area contributed by atoms with Crippen LogP contribution in [0.2, 0.25) is 0 Å². The Morgan fingerprint density at radius 2 is 2.16 bits per heavy atom. The van der Waals surface area contributed by atoms with Gasteiger partial charge in [-0.1, -0.05) is 6.92 Å². The minimum atomic E-state index is 0.782. The number of hydrogen-bond donors (Lipinski definition) is 1. The summed E-state index contributed by atoms with van der Waals surface area (Å²) < 4.78 is 1.99. The van der Waals surface area contributed by atoms with Gasteiger partial charge in [-0.05, 0) is 57.7 Å². The van der Waals surface area contributed by atoms with Crippen molar-refractivity contribution in [1.82, 2.24) is 19.9 Å². The predicted octanol–water partition coefficient (Wildman–Crippen LogP) is 2.14. The molecule has 3 heterocycles. The molecule has 19 heavy (non-hydrogen) atoms. The van der Waals surface area contributed by atoms with E-state index >= 15 is 0 Å². The summed E-state index contributed by atoms with van der Waals surface area (Å²) >= 11 is 0. The van der Waals surface area contributed by atoms with Crippen molar-refractivity contribution in [2.75, 3.05) is 13.1 Å². The highest BCUT2D eigenvalue weighted by atomic mass is 15.3. The van der Waals surface area contributed by atoms with Crippen molar-refractivity contribution < 1.29 is 0 Å². The molecule has 0 spiro atoms. The average Bonchev–Trinajstić information content (AvgIpc) is 2.81. The second kappa shape index (κ2) is 5.29. The van der Waals surface area contributed by atoms with Crippen LogP contribution >= 0.6 is 0 Å². The van der Waals surface area contributed by atoms with Crippen LogP contribution in [-0.4, -0.2) is 27.7 Å². The van der Waals surface area contributed by atoms with Gasteiger partial charge >= 0.3 is 0 Å². The molecule has 0 atom stereocenters. The first-order chi connectivity index (χ1) is 9.28. The first kappa shape index (κ1) is 12.6. The van der Waals surface area contributed by atoms with Crippen LogP contribution in [0.4, 0.5) is 0 Å². The van der Waals surface area contributed by atoms with Crippen LogP contribution in [0.15, 0.2) is 12.3 Å². The van der Waals surface area contributed by atoms with Crippen LogP contribution in [-0.2, 0) is 12.8 Å². The van der Waals surface area contributed by atoms with Crippen LogP contribution < -0.4 is 5.32 Å². The zero-order chi connectivity index (χ0) is 13.2. The van der Waals surface area contributed by atoms with Gasteiger partial charge in [0.2, 0.25) is 0 Å². The molecule has 0 aliphatic carbocycles. The fourth-order valence-electron chi connectivity index (χ4n) is 2.93. The molecule has 0 aromatic carbocycles. The molecule has 1 N–H and O–H groups in total. The Morgan fingerprint density at radius 1 is 1.37 bits per heavy atom. The number of nitrogens with zero attached hydrogens (tertiary/aromatic N) is 3. The van der Waals surface area contributed by atoms with Gasteiger partial charge in [0, 0.05) is 17.0 Å². The van der Waals surface area contributed by atoms with Crippen molar-refractivity contribution in [2.24, 2.45) is 5.92 Å². The van der Waals surface area contributed by atoms with Crippen molar-refractivity contribution in [3.05, 3.63) is 29.2 Å². The maximum atomic E-state index is 4.82. The lowest BCUT2D eigenvalue weighted by atomic mass is 9.93. The topological polar surface area (TPSA) is 42.2 Å². The summed E-state index contributed by atoms with van der Waals surface area (Å²) in [7, 11) is 0. The summed E-state index contributed by atoms with van der Waals surface area (Å²) in [6.45, 7) is 6.57. The molecule has 0 saturated carbocycles. The summed E-state index contributed by atoms with van der Waals surface area (Å²) in [6.07, 6.45) is 6.56. The minimum Gasteiger partial charge on any atom is -0.317 e. The minimum absolute atomic E-state index is 0.782. The third-order valence-electron chi connectivity index (χ3n) is 4.09. The Balaban J connectivity index is 1.92. The molecular weight excluding hydrogens is 236 g/mol. The fraction of sp³-hybridized carbons (Fsp3) is 0.600. The van der Waals surface area contributed by atoms with Crippen molar-refractivity contribution in [1.29, 1.82) is 0 Å². The molecule has 4 nitrogen and oxygen atoms in total. The maximum Gasteiger partial charge on any atom is 0.158 e. The number of aryl methyl sites for hydroxylation is 2. The molecule has 1 fully saturated rings. The number of nitrogens with one attached hydrogen (secondary N) is 1. The monoisotopic (exact) mass is 258 g/mol. The SMILES string of the molecule is CCc1cc(CC2CCNCC2)nc2c(C)cnn12. The van der Waals surface area contributed by atoms with Crippen LogP contribution in [0, 0.1) is 12.8 Å². The van der Waals surface area contributed by atoms with E-state index in [0.29, 0.717) is 0 Å². The van der Waals surface area contributed by atoms with E-state index in [1.165, 1.54) is 29.8 Å². The molecule has 1 aliphatic heterocycles. The van der Waals surface area contributed by atoms with Gasteiger partial charge in [0.1, 0.15) is 0 Å². The van der Waals surface area contributed by atoms with Gasteiger partial charge in [0.15, 0.2) is 5.65 Å². The molecule has 1 aliphatic rings. The van der Waals surface area contributed by atoms with E-state index in [9.17, 15) is 0 Å². The van der Waals surface area contributed by atoms with Crippen molar-refractivity contribution in [3.63, 3.8) is 0 Å². The Kier molecular flexibility index (Phi) is 3.51. The molecule has 102 valence electrons. The Hall–Kier alpha value is -1.42. The summed E-state index contributed by atoms with van der Waals surface area (Å²) in [6, 6.07) is 2.24. The maximum absolute atomic E-state index is 4.82. The van der Waals surface area contributed by atoms with Crippen LogP contribution in [0.5, 0.6) is 0 Å². The van der Waals surface area contributed by atoms with Crippen LogP contribution in [0.1, 0.15) is 36.7 Å². The number of rotatable bonds is 3. The summed E-state index contributed by atoms with van der Waals surface area (Å²) in [5.74, 6) is 0.782. The summed E-state index contributed by atoms with van der Waals surface area (Å²) in [4.78, 5) is 4.82. The average molecular weight is 258 g/mol. The number of aromatic nitrogens is 3. The smallest absolute Gasteiger partial charge is 0.158 e. The van der Waals surface area contributed by atoms with E-state index in [0.717, 1.165) is 37.5 Å². The highest BCUT2D eigenvalue weighted by Crippen LogP contribution is 2.19. The predicted molar refractivity (Wildman–Crippen MR) is 76.4 cm³/mol. The van der Waals surface area contributed by atoms with E-state index in [1.807, 2.05) is 10.7 Å². The number of hydrogen-bond acceptors (Lipinski definition) is 3. The largest absolute Gasteiger partial charge is 0.317 e. The molecule has 0 unspecified atom stereocenters. The van der Waals surface area contributed by atoms with Gasteiger partial charge in [-0.15, -0.1) is 0 Å². The van der Waals surface area contributed by atoms with Gasteiger partial charge in [0.05, 0.1) is 6.20 Å². The third-order valence-corrected chi connectivity index (χ3v) is 4.09. The highest BCUT2D eigenvalue weighted by Gasteiger charge is 2.16. The molecule has 2 aromatic heterocycles. The van der Waals surface area contributed by atoms with Gasteiger partial charge in [0.25, 0.3) is 0 Å². The summed E-state index contributed by atoms with van der Waals surface area (Å²) in [5.41, 5.74) is 4.70. The molecule has 1 saturated heterocycles. The van der Waals surface area contributed by atoms with Crippen LogP contribution in [0.3, 0.4) is 0 Å². The number of piperidine rings is 1. The lowest BCUT2D eigenvalue weighted by molar-refractivity contribution is 0.370. The second-order valence-corrected chi connectivity index (χ2v) is 5.55.